The standard InChI is InChI=1S/C14H20ClNO2S/c1-10-7-11(2)14(12(3)8-10)19(17,18)16-6-4-5-13(16)9-15/h7-8,13H,4-6,9H2,1-3H3/t13-/m0/s1. The van der Waals surface area contributed by atoms with E-state index in [2.05, 4.69) is 0 Å². The maximum Gasteiger partial charge on any atom is 0.243 e. The van der Waals surface area contributed by atoms with Crippen LogP contribution >= 0.6 is 11.6 Å². The molecular weight excluding hydrogens is 282 g/mol. The van der Waals surface area contributed by atoms with Gasteiger partial charge in [0, 0.05) is 18.5 Å². The number of aryl methyl sites for hydroxylation is 3. The van der Waals surface area contributed by atoms with E-state index in [1.165, 1.54) is 0 Å². The third-order valence-electron chi connectivity index (χ3n) is 3.67. The fourth-order valence-corrected chi connectivity index (χ4v) is 5.48. The maximum absolute atomic E-state index is 12.8. The van der Waals surface area contributed by atoms with Gasteiger partial charge in [-0.2, -0.15) is 4.31 Å². The Morgan fingerprint density at radius 2 is 1.84 bits per heavy atom. The van der Waals surface area contributed by atoms with Crippen molar-refractivity contribution >= 4 is 21.6 Å². The van der Waals surface area contributed by atoms with Crippen LogP contribution in [0.1, 0.15) is 29.5 Å². The van der Waals surface area contributed by atoms with Crippen molar-refractivity contribution in [3.63, 3.8) is 0 Å². The summed E-state index contributed by atoms with van der Waals surface area (Å²) in [7, 11) is -3.43. The summed E-state index contributed by atoms with van der Waals surface area (Å²) >= 11 is 5.89. The molecule has 0 N–H and O–H groups in total. The quantitative estimate of drug-likeness (QED) is 0.805. The molecule has 5 heteroatoms. The van der Waals surface area contributed by atoms with Gasteiger partial charge in [-0.25, -0.2) is 8.42 Å². The van der Waals surface area contributed by atoms with Crippen molar-refractivity contribution in [3.8, 4) is 0 Å². The Morgan fingerprint density at radius 1 is 1.26 bits per heavy atom. The summed E-state index contributed by atoms with van der Waals surface area (Å²) in [5.74, 6) is 0.364. The number of sulfonamides is 1. The average Bonchev–Trinajstić information content (AvgIpc) is 2.75. The van der Waals surface area contributed by atoms with Crippen LogP contribution in [0, 0.1) is 20.8 Å². The number of hydrogen-bond donors (Lipinski definition) is 0. The van der Waals surface area contributed by atoms with Gasteiger partial charge in [0.1, 0.15) is 0 Å². The summed E-state index contributed by atoms with van der Waals surface area (Å²) in [5, 5.41) is 0. The highest BCUT2D eigenvalue weighted by Gasteiger charge is 2.36. The number of benzene rings is 1. The first-order valence-corrected chi connectivity index (χ1v) is 8.51. The topological polar surface area (TPSA) is 37.4 Å². The van der Waals surface area contributed by atoms with Gasteiger partial charge in [-0.1, -0.05) is 17.7 Å². The Kier molecular flexibility index (Phi) is 4.23. The van der Waals surface area contributed by atoms with Crippen LogP contribution in [0.15, 0.2) is 17.0 Å². The lowest BCUT2D eigenvalue weighted by Crippen LogP contribution is -2.37. The van der Waals surface area contributed by atoms with E-state index in [1.807, 2.05) is 32.9 Å². The van der Waals surface area contributed by atoms with Gasteiger partial charge in [-0.3, -0.25) is 0 Å². The Balaban J connectivity index is 2.51. The number of alkyl halides is 1. The molecule has 1 aromatic rings. The smallest absolute Gasteiger partial charge is 0.207 e. The fraction of sp³-hybridized carbons (Fsp3) is 0.571. The van der Waals surface area contributed by atoms with E-state index in [-0.39, 0.29) is 6.04 Å². The first-order chi connectivity index (χ1) is 8.87. The van der Waals surface area contributed by atoms with Gasteiger partial charge in [-0.15, -0.1) is 11.6 Å². The third kappa shape index (κ3) is 2.67. The van der Waals surface area contributed by atoms with Gasteiger partial charge in [0.15, 0.2) is 0 Å². The molecule has 0 spiro atoms. The zero-order chi connectivity index (χ0) is 14.2. The molecule has 0 saturated carbocycles. The Labute approximate surface area is 120 Å². The molecular formula is C14H20ClNO2S. The van der Waals surface area contributed by atoms with Crippen LogP contribution < -0.4 is 0 Å². The molecule has 106 valence electrons. The fourth-order valence-electron chi connectivity index (χ4n) is 2.97. The van der Waals surface area contributed by atoms with E-state index in [0.717, 1.165) is 29.5 Å². The van der Waals surface area contributed by atoms with E-state index >= 15 is 0 Å². The third-order valence-corrected chi connectivity index (χ3v) is 6.29. The molecule has 1 fully saturated rings. The minimum Gasteiger partial charge on any atom is -0.207 e. The minimum absolute atomic E-state index is 0.0632. The van der Waals surface area contributed by atoms with Crippen LogP contribution in [0.3, 0.4) is 0 Å². The highest BCUT2D eigenvalue weighted by Crippen LogP contribution is 2.30. The van der Waals surface area contributed by atoms with Crippen LogP contribution in [0.5, 0.6) is 0 Å². The lowest BCUT2D eigenvalue weighted by atomic mass is 10.1. The van der Waals surface area contributed by atoms with Crippen molar-refractivity contribution in [3.05, 3.63) is 28.8 Å². The van der Waals surface area contributed by atoms with Gasteiger partial charge in [0.25, 0.3) is 0 Å². The maximum atomic E-state index is 12.8. The second kappa shape index (κ2) is 5.43. The molecule has 2 rings (SSSR count). The molecule has 3 nitrogen and oxygen atoms in total. The molecule has 0 radical (unpaired) electrons. The summed E-state index contributed by atoms with van der Waals surface area (Å²) < 4.78 is 27.2. The van der Waals surface area contributed by atoms with Crippen LogP contribution in [-0.4, -0.2) is 31.2 Å². The van der Waals surface area contributed by atoms with E-state index in [4.69, 9.17) is 11.6 Å². The molecule has 1 heterocycles. The highest BCUT2D eigenvalue weighted by atomic mass is 35.5. The summed E-state index contributed by atoms with van der Waals surface area (Å²) in [4.78, 5) is 0.454. The summed E-state index contributed by atoms with van der Waals surface area (Å²) in [5.41, 5.74) is 2.72. The number of halogens is 1. The summed E-state index contributed by atoms with van der Waals surface area (Å²) in [6.45, 7) is 6.28. The average molecular weight is 302 g/mol. The van der Waals surface area contributed by atoms with Crippen molar-refractivity contribution in [2.24, 2.45) is 0 Å². The van der Waals surface area contributed by atoms with Crippen molar-refractivity contribution in [2.75, 3.05) is 12.4 Å². The SMILES string of the molecule is Cc1cc(C)c(S(=O)(=O)N2CCC[C@H]2CCl)c(C)c1. The highest BCUT2D eigenvalue weighted by molar-refractivity contribution is 7.89. The second-order valence-electron chi connectivity index (χ2n) is 5.29. The minimum atomic E-state index is -3.43. The molecule has 19 heavy (non-hydrogen) atoms. The van der Waals surface area contributed by atoms with Crippen molar-refractivity contribution in [2.45, 2.75) is 44.6 Å². The van der Waals surface area contributed by atoms with Crippen molar-refractivity contribution in [1.82, 2.24) is 4.31 Å². The van der Waals surface area contributed by atoms with E-state index < -0.39 is 10.0 Å². The predicted molar refractivity (Wildman–Crippen MR) is 78.3 cm³/mol. The number of hydrogen-bond acceptors (Lipinski definition) is 2. The van der Waals surface area contributed by atoms with Crippen LogP contribution in [0.2, 0.25) is 0 Å². The Bertz CT molecular complexity index is 560. The molecule has 1 atom stereocenters. The van der Waals surface area contributed by atoms with Crippen molar-refractivity contribution < 1.29 is 8.42 Å². The molecule has 0 unspecified atom stereocenters. The monoisotopic (exact) mass is 301 g/mol. The van der Waals surface area contributed by atoms with Crippen LogP contribution in [-0.2, 0) is 10.0 Å². The van der Waals surface area contributed by atoms with E-state index in [0.29, 0.717) is 17.3 Å². The lowest BCUT2D eigenvalue weighted by Gasteiger charge is -2.24. The second-order valence-corrected chi connectivity index (χ2v) is 7.43. The summed E-state index contributed by atoms with van der Waals surface area (Å²) in [6.07, 6.45) is 1.74. The molecule has 1 saturated heterocycles. The Morgan fingerprint density at radius 3 is 2.37 bits per heavy atom. The van der Waals surface area contributed by atoms with E-state index in [9.17, 15) is 8.42 Å². The Hall–Kier alpha value is -0.580. The zero-order valence-electron chi connectivity index (χ0n) is 11.6. The van der Waals surface area contributed by atoms with E-state index in [1.54, 1.807) is 4.31 Å². The molecule has 0 aliphatic carbocycles. The largest absolute Gasteiger partial charge is 0.243 e. The molecule has 0 aromatic heterocycles. The van der Waals surface area contributed by atoms with Gasteiger partial charge < -0.3 is 0 Å². The van der Waals surface area contributed by atoms with Gasteiger partial charge >= 0.3 is 0 Å². The predicted octanol–water partition coefficient (Wildman–Crippen LogP) is 3.00. The van der Waals surface area contributed by atoms with Gasteiger partial charge in [-0.05, 0) is 44.7 Å². The lowest BCUT2D eigenvalue weighted by molar-refractivity contribution is 0.410. The molecule has 0 bridgehead atoms. The normalized spacial score (nSPS) is 20.9. The molecule has 1 aliphatic heterocycles. The number of rotatable bonds is 3. The first-order valence-electron chi connectivity index (χ1n) is 6.53. The molecule has 0 amide bonds. The molecule has 1 aromatic carbocycles. The van der Waals surface area contributed by atoms with Crippen molar-refractivity contribution in [1.29, 1.82) is 0 Å². The zero-order valence-corrected chi connectivity index (χ0v) is 13.2. The molecule has 1 aliphatic rings. The van der Waals surface area contributed by atoms with Gasteiger partial charge in [0.05, 0.1) is 4.90 Å². The van der Waals surface area contributed by atoms with Crippen LogP contribution in [0.25, 0.3) is 0 Å². The van der Waals surface area contributed by atoms with Gasteiger partial charge in [0.2, 0.25) is 10.0 Å². The summed E-state index contributed by atoms with van der Waals surface area (Å²) in [6, 6.07) is 3.78. The number of nitrogens with zero attached hydrogens (tertiary/aromatic N) is 1. The first kappa shape index (κ1) is 14.8. The van der Waals surface area contributed by atoms with Crippen LogP contribution in [0.4, 0.5) is 0 Å².